The minimum atomic E-state index is -1.23. The minimum absolute atomic E-state index is 0.214. The highest BCUT2D eigenvalue weighted by atomic mass is 16.5. The van der Waals surface area contributed by atoms with Crippen LogP contribution < -0.4 is 10.0 Å². The first kappa shape index (κ1) is 15.1. The summed E-state index contributed by atoms with van der Waals surface area (Å²) in [5.41, 5.74) is 0.748. The van der Waals surface area contributed by atoms with Crippen molar-refractivity contribution in [2.45, 2.75) is 31.1 Å². The van der Waals surface area contributed by atoms with Gasteiger partial charge in [0.25, 0.3) is 0 Å². The van der Waals surface area contributed by atoms with Gasteiger partial charge in [-0.2, -0.15) is 0 Å². The first-order valence-electron chi connectivity index (χ1n) is 8.06. The van der Waals surface area contributed by atoms with Crippen molar-refractivity contribution in [3.63, 3.8) is 0 Å². The van der Waals surface area contributed by atoms with Crippen LogP contribution in [0.5, 0.6) is 0 Å². The largest absolute Gasteiger partial charge is 0.550 e. The maximum atomic E-state index is 13.2. The van der Waals surface area contributed by atoms with Crippen molar-refractivity contribution in [3.8, 4) is 0 Å². The summed E-state index contributed by atoms with van der Waals surface area (Å²) < 4.78 is 6.06. The molecule has 2 fully saturated rings. The predicted octanol–water partition coefficient (Wildman–Crippen LogP) is 1.06. The summed E-state index contributed by atoms with van der Waals surface area (Å²) in [5.74, 6) is -3.13. The van der Waals surface area contributed by atoms with E-state index in [1.807, 2.05) is 43.3 Å². The molecule has 0 saturated carbocycles. The Kier molecular flexibility index (Phi) is 3.18. The van der Waals surface area contributed by atoms with E-state index in [4.69, 9.17) is 4.74 Å². The lowest BCUT2D eigenvalue weighted by molar-refractivity contribution is -0.313. The molecule has 5 heteroatoms. The van der Waals surface area contributed by atoms with Gasteiger partial charge in [-0.05, 0) is 25.5 Å². The number of fused-ring (bicyclic) bond motifs is 1. The lowest BCUT2D eigenvalue weighted by Gasteiger charge is -2.33. The number of carbonyl (C=O) groups is 2. The quantitative estimate of drug-likeness (QED) is 0.777. The van der Waals surface area contributed by atoms with Crippen LogP contribution in [-0.2, 0) is 14.3 Å². The smallest absolute Gasteiger partial charge is 0.234 e. The Morgan fingerprint density at radius 2 is 2.08 bits per heavy atom. The Balaban J connectivity index is 1.85. The summed E-state index contributed by atoms with van der Waals surface area (Å²) >= 11 is 0. The number of ether oxygens (including phenoxy) is 1. The fourth-order valence-electron chi connectivity index (χ4n) is 4.40. The normalized spacial score (nSPS) is 36.2. The molecule has 2 bridgehead atoms. The highest BCUT2D eigenvalue weighted by Crippen LogP contribution is 2.56. The van der Waals surface area contributed by atoms with Crippen LogP contribution in [0.4, 0.5) is 5.69 Å². The lowest BCUT2D eigenvalue weighted by atomic mass is 9.74. The summed E-state index contributed by atoms with van der Waals surface area (Å²) in [4.78, 5) is 26.5. The Bertz CT molecular complexity index is 756. The predicted molar refractivity (Wildman–Crippen MR) is 85.9 cm³/mol. The van der Waals surface area contributed by atoms with Crippen molar-refractivity contribution in [2.75, 3.05) is 4.90 Å². The van der Waals surface area contributed by atoms with Crippen molar-refractivity contribution in [1.82, 2.24) is 0 Å². The number of carboxylic acid groups (broad SMARTS) is 1. The number of hydrogen-bond acceptors (Lipinski definition) is 4. The van der Waals surface area contributed by atoms with E-state index in [0.29, 0.717) is 6.42 Å². The Labute approximate surface area is 140 Å². The van der Waals surface area contributed by atoms with Gasteiger partial charge in [0.05, 0.1) is 18.1 Å². The summed E-state index contributed by atoms with van der Waals surface area (Å²) in [7, 11) is 0. The Morgan fingerprint density at radius 1 is 1.38 bits per heavy atom. The molecule has 1 amide bonds. The van der Waals surface area contributed by atoms with E-state index < -0.39 is 29.5 Å². The molecule has 0 aromatic heterocycles. The summed E-state index contributed by atoms with van der Waals surface area (Å²) in [6, 6.07) is 8.99. The van der Waals surface area contributed by atoms with E-state index >= 15 is 0 Å². The van der Waals surface area contributed by atoms with Gasteiger partial charge in [0.2, 0.25) is 5.91 Å². The highest BCUT2D eigenvalue weighted by Gasteiger charge is 2.69. The molecule has 4 rings (SSSR count). The van der Waals surface area contributed by atoms with Gasteiger partial charge >= 0.3 is 0 Å². The zero-order valence-electron chi connectivity index (χ0n) is 13.3. The third-order valence-electron chi connectivity index (χ3n) is 5.27. The molecule has 0 radical (unpaired) electrons. The molecule has 5 nitrogen and oxygen atoms in total. The van der Waals surface area contributed by atoms with Crippen LogP contribution in [0.2, 0.25) is 0 Å². The third kappa shape index (κ3) is 1.85. The topological polar surface area (TPSA) is 69.7 Å². The van der Waals surface area contributed by atoms with Gasteiger partial charge < -0.3 is 19.5 Å². The summed E-state index contributed by atoms with van der Waals surface area (Å²) in [5, 5.41) is 11.6. The molecule has 3 aliphatic rings. The van der Waals surface area contributed by atoms with Crippen LogP contribution in [0, 0.1) is 11.8 Å². The zero-order valence-corrected chi connectivity index (χ0v) is 13.3. The summed E-state index contributed by atoms with van der Waals surface area (Å²) in [6.45, 7) is 5.87. The molecule has 1 aromatic rings. The number of aliphatic carboxylic acids is 1. The average molecular weight is 324 g/mol. The van der Waals surface area contributed by atoms with Gasteiger partial charge in [0.15, 0.2) is 0 Å². The number of para-hydroxylation sites is 1. The first-order valence-corrected chi connectivity index (χ1v) is 8.06. The van der Waals surface area contributed by atoms with Crippen molar-refractivity contribution in [3.05, 3.63) is 54.6 Å². The van der Waals surface area contributed by atoms with E-state index in [2.05, 4.69) is 6.58 Å². The van der Waals surface area contributed by atoms with Gasteiger partial charge in [-0.25, -0.2) is 0 Å². The molecule has 24 heavy (non-hydrogen) atoms. The molecule has 1 spiro atoms. The van der Waals surface area contributed by atoms with Crippen molar-refractivity contribution >= 4 is 17.6 Å². The van der Waals surface area contributed by atoms with E-state index in [0.717, 1.165) is 11.3 Å². The van der Waals surface area contributed by atoms with Gasteiger partial charge in [-0.15, -0.1) is 6.58 Å². The Hall–Kier alpha value is -2.40. The third-order valence-corrected chi connectivity index (χ3v) is 5.27. The number of carboxylic acids is 1. The van der Waals surface area contributed by atoms with Crippen molar-refractivity contribution in [2.24, 2.45) is 11.8 Å². The fourth-order valence-corrected chi connectivity index (χ4v) is 4.40. The van der Waals surface area contributed by atoms with E-state index in [1.54, 1.807) is 11.0 Å². The Morgan fingerprint density at radius 3 is 2.71 bits per heavy atom. The highest BCUT2D eigenvalue weighted by molar-refractivity contribution is 6.03. The zero-order chi connectivity index (χ0) is 17.1. The van der Waals surface area contributed by atoms with Crippen molar-refractivity contribution < 1.29 is 19.4 Å². The standard InChI is InChI=1S/C19H19NO4/c1-11(2)10-14-19-9-8-13(24-19)15(18(22)23)16(19)17(21)20(14)12-6-4-3-5-7-12/h3-9,13-16H,1,10H2,2H3,(H,22,23)/p-1/t13-,14+,15+,16+,19-/m1/s1. The van der Waals surface area contributed by atoms with Gasteiger partial charge in [-0.3, -0.25) is 4.79 Å². The van der Waals surface area contributed by atoms with Gasteiger partial charge in [0, 0.05) is 17.6 Å². The molecule has 3 aliphatic heterocycles. The van der Waals surface area contributed by atoms with Gasteiger partial charge in [0.1, 0.15) is 5.60 Å². The molecule has 3 heterocycles. The molecule has 0 N–H and O–H groups in total. The number of carbonyl (C=O) groups excluding carboxylic acids is 2. The SMILES string of the molecule is C=C(C)C[C@@H]1N(c2ccccc2)C(=O)[C@@H]2[C@@H](C(=O)[O-])[C@H]3C=C[C@]21O3. The maximum absolute atomic E-state index is 13.2. The molecule has 0 unspecified atom stereocenters. The number of amides is 1. The van der Waals surface area contributed by atoms with Gasteiger partial charge in [-0.1, -0.05) is 35.9 Å². The van der Waals surface area contributed by atoms with E-state index in [1.165, 1.54) is 0 Å². The first-order chi connectivity index (χ1) is 11.5. The van der Waals surface area contributed by atoms with Crippen LogP contribution in [0.3, 0.4) is 0 Å². The fraction of sp³-hybridized carbons (Fsp3) is 0.368. The number of anilines is 1. The van der Waals surface area contributed by atoms with Crippen LogP contribution >= 0.6 is 0 Å². The van der Waals surface area contributed by atoms with Crippen LogP contribution in [-0.4, -0.2) is 29.6 Å². The number of hydrogen-bond donors (Lipinski definition) is 0. The molecule has 124 valence electrons. The molecule has 0 aliphatic carbocycles. The molecular weight excluding hydrogens is 306 g/mol. The second-order valence-corrected chi connectivity index (χ2v) is 6.84. The van der Waals surface area contributed by atoms with E-state index in [-0.39, 0.29) is 11.9 Å². The number of rotatable bonds is 4. The second-order valence-electron chi connectivity index (χ2n) is 6.84. The molecule has 5 atom stereocenters. The minimum Gasteiger partial charge on any atom is -0.550 e. The van der Waals surface area contributed by atoms with Crippen LogP contribution in [0.1, 0.15) is 13.3 Å². The average Bonchev–Trinajstić information content (AvgIpc) is 3.17. The number of nitrogens with zero attached hydrogens (tertiary/aromatic N) is 1. The molecule has 2 saturated heterocycles. The van der Waals surface area contributed by atoms with Crippen LogP contribution in [0.25, 0.3) is 0 Å². The maximum Gasteiger partial charge on any atom is 0.234 e. The molecule has 1 aromatic carbocycles. The number of benzene rings is 1. The summed E-state index contributed by atoms with van der Waals surface area (Å²) in [6.07, 6.45) is 3.59. The lowest BCUT2D eigenvalue weighted by Crippen LogP contribution is -2.46. The molecular formula is C19H18NO4-. The second kappa shape index (κ2) is 5.05. The van der Waals surface area contributed by atoms with Crippen LogP contribution in [0.15, 0.2) is 54.6 Å². The monoisotopic (exact) mass is 324 g/mol. The van der Waals surface area contributed by atoms with E-state index in [9.17, 15) is 14.7 Å². The van der Waals surface area contributed by atoms with Crippen molar-refractivity contribution in [1.29, 1.82) is 0 Å².